The van der Waals surface area contributed by atoms with Crippen LogP contribution in [0.1, 0.15) is 31.0 Å². The third-order valence-electron chi connectivity index (χ3n) is 4.52. The van der Waals surface area contributed by atoms with Gasteiger partial charge in [0.05, 0.1) is 6.10 Å². The van der Waals surface area contributed by atoms with Crippen molar-refractivity contribution in [3.63, 3.8) is 0 Å². The highest BCUT2D eigenvalue weighted by molar-refractivity contribution is 5.73. The van der Waals surface area contributed by atoms with Crippen LogP contribution in [0.15, 0.2) is 18.3 Å². The molecule has 1 saturated heterocycles. The van der Waals surface area contributed by atoms with Crippen LogP contribution in [-0.4, -0.2) is 59.8 Å². The normalized spacial score (nSPS) is 17.5. The molecule has 0 saturated carbocycles. The summed E-state index contributed by atoms with van der Waals surface area (Å²) in [5, 5.41) is 15.6. The summed E-state index contributed by atoms with van der Waals surface area (Å²) < 4.78 is 0. The Bertz CT molecular complexity index is 498. The molecule has 0 radical (unpaired) electrons. The molecule has 1 aromatic rings. The summed E-state index contributed by atoms with van der Waals surface area (Å²) in [6.45, 7) is 7.75. The van der Waals surface area contributed by atoms with E-state index in [2.05, 4.69) is 27.4 Å². The van der Waals surface area contributed by atoms with Crippen LogP contribution in [0.2, 0.25) is 0 Å². The second-order valence-electron chi connectivity index (χ2n) is 6.83. The Morgan fingerprint density at radius 1 is 1.38 bits per heavy atom. The molecule has 1 atom stereocenters. The lowest BCUT2D eigenvalue weighted by Crippen LogP contribution is -2.45. The van der Waals surface area contributed by atoms with Crippen molar-refractivity contribution >= 4 is 6.03 Å². The van der Waals surface area contributed by atoms with Gasteiger partial charge < -0.3 is 20.6 Å². The third kappa shape index (κ3) is 6.84. The van der Waals surface area contributed by atoms with Crippen LogP contribution >= 0.6 is 0 Å². The second-order valence-corrected chi connectivity index (χ2v) is 6.83. The van der Waals surface area contributed by atoms with Crippen LogP contribution in [0.3, 0.4) is 0 Å². The van der Waals surface area contributed by atoms with E-state index in [9.17, 15) is 9.90 Å². The molecule has 24 heavy (non-hydrogen) atoms. The van der Waals surface area contributed by atoms with Gasteiger partial charge in [-0.1, -0.05) is 13.0 Å². The van der Waals surface area contributed by atoms with Crippen LogP contribution in [0, 0.1) is 12.8 Å². The minimum Gasteiger partial charge on any atom is -0.390 e. The van der Waals surface area contributed by atoms with E-state index in [1.54, 1.807) is 0 Å². The number of β-amino-alcohol motifs (C(OH)–C–C–N with tert-alkyl or cyclic N) is 1. The standard InChI is InChI=1S/C18H30N4O2/c1-14-6-9-22(10-7-14)13-17(23)12-21-18(24)19-8-5-16-4-3-15(2)20-11-16/h3-4,11,14,17,23H,5-10,12-13H2,1-2H3,(H2,19,21,24). The number of aliphatic hydroxyl groups is 1. The van der Waals surface area contributed by atoms with Gasteiger partial charge in [-0.05, 0) is 56.8 Å². The summed E-state index contributed by atoms with van der Waals surface area (Å²) in [6, 6.07) is 3.75. The zero-order chi connectivity index (χ0) is 17.4. The Labute approximate surface area is 144 Å². The van der Waals surface area contributed by atoms with Crippen LogP contribution in [0.4, 0.5) is 4.79 Å². The van der Waals surface area contributed by atoms with E-state index in [0.29, 0.717) is 13.1 Å². The van der Waals surface area contributed by atoms with E-state index < -0.39 is 6.10 Å². The van der Waals surface area contributed by atoms with Gasteiger partial charge in [0, 0.05) is 31.5 Å². The lowest BCUT2D eigenvalue weighted by molar-refractivity contribution is 0.0920. The topological polar surface area (TPSA) is 77.5 Å². The molecule has 134 valence electrons. The summed E-state index contributed by atoms with van der Waals surface area (Å²) in [7, 11) is 0. The number of amides is 2. The molecule has 3 N–H and O–H groups in total. The zero-order valence-corrected chi connectivity index (χ0v) is 14.8. The monoisotopic (exact) mass is 334 g/mol. The van der Waals surface area contributed by atoms with Crippen molar-refractivity contribution in [2.75, 3.05) is 32.7 Å². The molecule has 0 bridgehead atoms. The summed E-state index contributed by atoms with van der Waals surface area (Å²) in [6.07, 6.45) is 4.43. The summed E-state index contributed by atoms with van der Waals surface area (Å²) >= 11 is 0. The molecular formula is C18H30N4O2. The molecule has 2 amide bonds. The maximum absolute atomic E-state index is 11.8. The van der Waals surface area contributed by atoms with E-state index in [0.717, 1.165) is 36.7 Å². The molecule has 1 fully saturated rings. The fourth-order valence-corrected chi connectivity index (χ4v) is 2.85. The minimum atomic E-state index is -0.523. The quantitative estimate of drug-likeness (QED) is 0.703. The maximum Gasteiger partial charge on any atom is 0.314 e. The van der Waals surface area contributed by atoms with Crippen LogP contribution in [0.5, 0.6) is 0 Å². The van der Waals surface area contributed by atoms with Gasteiger partial charge in [-0.25, -0.2) is 4.79 Å². The van der Waals surface area contributed by atoms with Crippen molar-refractivity contribution in [2.45, 2.75) is 39.2 Å². The Morgan fingerprint density at radius 3 is 2.79 bits per heavy atom. The molecule has 2 heterocycles. The molecule has 6 nitrogen and oxygen atoms in total. The van der Waals surface area contributed by atoms with Gasteiger partial charge in [-0.15, -0.1) is 0 Å². The highest BCUT2D eigenvalue weighted by atomic mass is 16.3. The van der Waals surface area contributed by atoms with Gasteiger partial charge in [0.2, 0.25) is 0 Å². The lowest BCUT2D eigenvalue weighted by atomic mass is 9.99. The van der Waals surface area contributed by atoms with Crippen molar-refractivity contribution < 1.29 is 9.90 Å². The molecule has 0 aromatic carbocycles. The number of aryl methyl sites for hydroxylation is 1. The van der Waals surface area contributed by atoms with Crippen molar-refractivity contribution in [3.8, 4) is 0 Å². The molecule has 1 unspecified atom stereocenters. The third-order valence-corrected chi connectivity index (χ3v) is 4.52. The molecule has 2 rings (SSSR count). The largest absolute Gasteiger partial charge is 0.390 e. The maximum atomic E-state index is 11.8. The Balaban J connectivity index is 1.56. The van der Waals surface area contributed by atoms with E-state index in [1.807, 2.05) is 25.3 Å². The predicted octanol–water partition coefficient (Wildman–Crippen LogP) is 1.32. The number of aliphatic hydroxyl groups excluding tert-OH is 1. The fourth-order valence-electron chi connectivity index (χ4n) is 2.85. The number of hydrogen-bond acceptors (Lipinski definition) is 4. The average Bonchev–Trinajstić information content (AvgIpc) is 2.57. The Kier molecular flexibility index (Phi) is 7.46. The second kappa shape index (κ2) is 9.59. The number of hydrogen-bond donors (Lipinski definition) is 3. The van der Waals surface area contributed by atoms with Crippen molar-refractivity contribution in [2.24, 2.45) is 5.92 Å². The first-order valence-corrected chi connectivity index (χ1v) is 8.86. The number of rotatable bonds is 7. The average molecular weight is 334 g/mol. The van der Waals surface area contributed by atoms with Crippen LogP contribution < -0.4 is 10.6 Å². The Morgan fingerprint density at radius 2 is 2.12 bits per heavy atom. The number of urea groups is 1. The van der Waals surface area contributed by atoms with Crippen molar-refractivity contribution in [1.29, 1.82) is 0 Å². The van der Waals surface area contributed by atoms with Gasteiger partial charge in [0.15, 0.2) is 0 Å². The molecule has 0 spiro atoms. The number of aromatic nitrogens is 1. The van der Waals surface area contributed by atoms with E-state index in [4.69, 9.17) is 0 Å². The number of piperidine rings is 1. The highest BCUT2D eigenvalue weighted by Gasteiger charge is 2.18. The van der Waals surface area contributed by atoms with Crippen molar-refractivity contribution in [3.05, 3.63) is 29.6 Å². The molecular weight excluding hydrogens is 304 g/mol. The predicted molar refractivity (Wildman–Crippen MR) is 94.9 cm³/mol. The van der Waals surface area contributed by atoms with E-state index in [1.165, 1.54) is 12.8 Å². The van der Waals surface area contributed by atoms with Gasteiger partial charge in [-0.3, -0.25) is 4.98 Å². The van der Waals surface area contributed by atoms with Gasteiger partial charge in [0.25, 0.3) is 0 Å². The molecule has 1 aromatic heterocycles. The smallest absolute Gasteiger partial charge is 0.314 e. The van der Waals surface area contributed by atoms with E-state index >= 15 is 0 Å². The number of carbonyl (C=O) groups excluding carboxylic acids is 1. The number of carbonyl (C=O) groups is 1. The zero-order valence-electron chi connectivity index (χ0n) is 14.8. The fraction of sp³-hybridized carbons (Fsp3) is 0.667. The minimum absolute atomic E-state index is 0.235. The van der Waals surface area contributed by atoms with Gasteiger partial charge in [0.1, 0.15) is 0 Å². The number of pyridine rings is 1. The molecule has 1 aliphatic rings. The van der Waals surface area contributed by atoms with Crippen molar-refractivity contribution in [1.82, 2.24) is 20.5 Å². The lowest BCUT2D eigenvalue weighted by Gasteiger charge is -2.31. The van der Waals surface area contributed by atoms with E-state index in [-0.39, 0.29) is 12.6 Å². The first-order chi connectivity index (χ1) is 11.5. The first-order valence-electron chi connectivity index (χ1n) is 8.86. The summed E-state index contributed by atoms with van der Waals surface area (Å²) in [5.41, 5.74) is 2.09. The number of nitrogens with zero attached hydrogens (tertiary/aromatic N) is 2. The number of likely N-dealkylation sites (tertiary alicyclic amines) is 1. The number of nitrogens with one attached hydrogen (secondary N) is 2. The van der Waals surface area contributed by atoms with Crippen LogP contribution in [0.25, 0.3) is 0 Å². The molecule has 1 aliphatic heterocycles. The van der Waals surface area contributed by atoms with Gasteiger partial charge in [-0.2, -0.15) is 0 Å². The summed E-state index contributed by atoms with van der Waals surface area (Å²) in [5.74, 6) is 0.783. The van der Waals surface area contributed by atoms with Crippen LogP contribution in [-0.2, 0) is 6.42 Å². The SMILES string of the molecule is Cc1ccc(CCNC(=O)NCC(O)CN2CCC(C)CC2)cn1. The highest BCUT2D eigenvalue weighted by Crippen LogP contribution is 2.15. The first kappa shape index (κ1) is 18.7. The Hall–Kier alpha value is -1.66. The molecule has 0 aliphatic carbocycles. The molecule has 6 heteroatoms. The van der Waals surface area contributed by atoms with Gasteiger partial charge >= 0.3 is 6.03 Å². The summed E-state index contributed by atoms with van der Waals surface area (Å²) in [4.78, 5) is 18.3.